The molecule has 1 saturated carbocycles. The summed E-state index contributed by atoms with van der Waals surface area (Å²) in [6.45, 7) is 2.55. The van der Waals surface area contributed by atoms with Crippen LogP contribution in [-0.4, -0.2) is 36.6 Å². The molecule has 1 saturated heterocycles. The highest BCUT2D eigenvalue weighted by Crippen LogP contribution is 2.30. The summed E-state index contributed by atoms with van der Waals surface area (Å²) >= 11 is 1.65. The average molecular weight is 265 g/mol. The van der Waals surface area contributed by atoms with Crippen LogP contribution in [0.5, 0.6) is 0 Å². The van der Waals surface area contributed by atoms with E-state index in [1.165, 1.54) is 12.8 Å². The maximum atomic E-state index is 12.1. The predicted molar refractivity (Wildman–Crippen MR) is 71.7 cm³/mol. The molecule has 1 aliphatic heterocycles. The van der Waals surface area contributed by atoms with Gasteiger partial charge in [0.05, 0.1) is 12.5 Å². The number of carbonyl (C=O) groups excluding carboxylic acids is 1. The minimum Gasteiger partial charge on any atom is -0.376 e. The molecule has 4 heteroatoms. The molecule has 2 aliphatic rings. The van der Waals surface area contributed by atoms with E-state index in [1.807, 2.05) is 16.3 Å². The minimum absolute atomic E-state index is 0.242. The fraction of sp³-hybridized carbons (Fsp3) is 0.643. The summed E-state index contributed by atoms with van der Waals surface area (Å²) in [5, 5.41) is 4.07. The van der Waals surface area contributed by atoms with Gasteiger partial charge in [-0.15, -0.1) is 0 Å². The van der Waals surface area contributed by atoms with Crippen LogP contribution in [0.1, 0.15) is 24.8 Å². The van der Waals surface area contributed by atoms with Crippen molar-refractivity contribution in [2.75, 3.05) is 19.7 Å². The van der Waals surface area contributed by atoms with Crippen molar-refractivity contribution in [1.82, 2.24) is 4.90 Å². The molecule has 2 fully saturated rings. The van der Waals surface area contributed by atoms with E-state index in [0.29, 0.717) is 6.42 Å². The number of thiophene rings is 1. The Labute approximate surface area is 112 Å². The summed E-state index contributed by atoms with van der Waals surface area (Å²) in [5.74, 6) is 1.05. The summed E-state index contributed by atoms with van der Waals surface area (Å²) in [7, 11) is 0. The smallest absolute Gasteiger partial charge is 0.227 e. The van der Waals surface area contributed by atoms with Crippen molar-refractivity contribution in [3.63, 3.8) is 0 Å². The van der Waals surface area contributed by atoms with Gasteiger partial charge in [-0.1, -0.05) is 0 Å². The van der Waals surface area contributed by atoms with Crippen molar-refractivity contribution in [2.45, 2.75) is 31.8 Å². The fourth-order valence-corrected chi connectivity index (χ4v) is 3.00. The van der Waals surface area contributed by atoms with Crippen LogP contribution in [0.4, 0.5) is 0 Å². The Morgan fingerprint density at radius 1 is 1.44 bits per heavy atom. The van der Waals surface area contributed by atoms with Gasteiger partial charge in [0.1, 0.15) is 0 Å². The van der Waals surface area contributed by atoms with Gasteiger partial charge in [-0.3, -0.25) is 4.79 Å². The first-order valence-corrected chi connectivity index (χ1v) is 7.66. The van der Waals surface area contributed by atoms with Crippen molar-refractivity contribution in [3.05, 3.63) is 22.4 Å². The summed E-state index contributed by atoms with van der Waals surface area (Å²) in [5.41, 5.74) is 1.13. The van der Waals surface area contributed by atoms with Crippen LogP contribution in [-0.2, 0) is 16.0 Å². The largest absolute Gasteiger partial charge is 0.376 e. The highest BCUT2D eigenvalue weighted by atomic mass is 32.1. The average Bonchev–Trinajstić information content (AvgIpc) is 2.88. The van der Waals surface area contributed by atoms with Crippen molar-refractivity contribution in [2.24, 2.45) is 5.92 Å². The van der Waals surface area contributed by atoms with E-state index in [-0.39, 0.29) is 12.0 Å². The molecule has 3 nitrogen and oxygen atoms in total. The van der Waals surface area contributed by atoms with Crippen LogP contribution in [0, 0.1) is 5.92 Å². The third-order valence-electron chi connectivity index (χ3n) is 3.70. The number of amides is 1. The molecule has 0 aromatic carbocycles. The zero-order valence-electron chi connectivity index (χ0n) is 10.5. The summed E-state index contributed by atoms with van der Waals surface area (Å²) in [4.78, 5) is 14.0. The standard InChI is InChI=1S/C14H19NO2S/c16-14(7-12-4-6-18-10-12)15-5-3-13(8-15)17-9-11-1-2-11/h4,6,10-11,13H,1-3,5,7-9H2. The molecule has 0 radical (unpaired) electrons. The first-order chi connectivity index (χ1) is 8.81. The van der Waals surface area contributed by atoms with E-state index >= 15 is 0 Å². The Bertz CT molecular complexity index is 400. The number of likely N-dealkylation sites (tertiary alicyclic amines) is 1. The van der Waals surface area contributed by atoms with Crippen LogP contribution in [0.15, 0.2) is 16.8 Å². The molecule has 2 heterocycles. The molecule has 18 heavy (non-hydrogen) atoms. The highest BCUT2D eigenvalue weighted by Gasteiger charge is 2.29. The second kappa shape index (κ2) is 5.41. The molecule has 1 aliphatic carbocycles. The molecule has 98 valence electrons. The van der Waals surface area contributed by atoms with Crippen molar-refractivity contribution >= 4 is 17.2 Å². The van der Waals surface area contributed by atoms with E-state index in [0.717, 1.165) is 37.6 Å². The zero-order valence-corrected chi connectivity index (χ0v) is 11.3. The quantitative estimate of drug-likeness (QED) is 0.817. The van der Waals surface area contributed by atoms with E-state index in [1.54, 1.807) is 11.3 Å². The number of carbonyl (C=O) groups is 1. The number of nitrogens with zero attached hydrogens (tertiary/aromatic N) is 1. The molecule has 1 atom stereocenters. The molecule has 1 aromatic rings. The lowest BCUT2D eigenvalue weighted by atomic mass is 10.2. The predicted octanol–water partition coefficient (Wildman–Crippen LogP) is 2.32. The Kier molecular flexibility index (Phi) is 3.66. The fourth-order valence-electron chi connectivity index (χ4n) is 2.33. The van der Waals surface area contributed by atoms with Gasteiger partial charge in [0.15, 0.2) is 0 Å². The van der Waals surface area contributed by atoms with Gasteiger partial charge in [-0.05, 0) is 47.6 Å². The maximum absolute atomic E-state index is 12.1. The van der Waals surface area contributed by atoms with Crippen LogP contribution >= 0.6 is 11.3 Å². The Balaban J connectivity index is 1.44. The normalized spacial score (nSPS) is 23.6. The van der Waals surface area contributed by atoms with Gasteiger partial charge in [0.2, 0.25) is 5.91 Å². The molecule has 0 bridgehead atoms. The Morgan fingerprint density at radius 3 is 3.06 bits per heavy atom. The maximum Gasteiger partial charge on any atom is 0.227 e. The molecular formula is C14H19NO2S. The SMILES string of the molecule is O=C(Cc1ccsc1)N1CCC(OCC2CC2)C1. The molecule has 1 aromatic heterocycles. The highest BCUT2D eigenvalue weighted by molar-refractivity contribution is 7.07. The number of rotatable bonds is 5. The van der Waals surface area contributed by atoms with E-state index in [4.69, 9.17) is 4.74 Å². The second-order valence-electron chi connectivity index (χ2n) is 5.34. The molecule has 0 spiro atoms. The number of ether oxygens (including phenoxy) is 1. The van der Waals surface area contributed by atoms with Gasteiger partial charge in [-0.25, -0.2) is 0 Å². The topological polar surface area (TPSA) is 29.5 Å². The first kappa shape index (κ1) is 12.2. The van der Waals surface area contributed by atoms with Crippen LogP contribution in [0.2, 0.25) is 0 Å². The van der Waals surface area contributed by atoms with E-state index in [2.05, 4.69) is 5.38 Å². The lowest BCUT2D eigenvalue weighted by molar-refractivity contribution is -0.129. The van der Waals surface area contributed by atoms with Gasteiger partial charge in [0.25, 0.3) is 0 Å². The molecule has 1 amide bonds. The summed E-state index contributed by atoms with van der Waals surface area (Å²) in [6, 6.07) is 2.03. The minimum atomic E-state index is 0.242. The molecular weight excluding hydrogens is 246 g/mol. The van der Waals surface area contributed by atoms with Gasteiger partial charge in [0, 0.05) is 19.7 Å². The van der Waals surface area contributed by atoms with E-state index < -0.39 is 0 Å². The lowest BCUT2D eigenvalue weighted by Crippen LogP contribution is -2.31. The molecule has 1 unspecified atom stereocenters. The number of hydrogen-bond donors (Lipinski definition) is 0. The van der Waals surface area contributed by atoms with Crippen LogP contribution < -0.4 is 0 Å². The van der Waals surface area contributed by atoms with Gasteiger partial charge < -0.3 is 9.64 Å². The van der Waals surface area contributed by atoms with Crippen molar-refractivity contribution in [1.29, 1.82) is 0 Å². The number of hydrogen-bond acceptors (Lipinski definition) is 3. The molecule has 0 N–H and O–H groups in total. The van der Waals surface area contributed by atoms with Gasteiger partial charge >= 0.3 is 0 Å². The van der Waals surface area contributed by atoms with Crippen LogP contribution in [0.3, 0.4) is 0 Å². The molecule has 3 rings (SSSR count). The third-order valence-corrected chi connectivity index (χ3v) is 4.43. The van der Waals surface area contributed by atoms with Crippen LogP contribution in [0.25, 0.3) is 0 Å². The third kappa shape index (κ3) is 3.12. The Hall–Kier alpha value is -0.870. The monoisotopic (exact) mass is 265 g/mol. The zero-order chi connectivity index (χ0) is 12.4. The lowest BCUT2D eigenvalue weighted by Gasteiger charge is -2.16. The van der Waals surface area contributed by atoms with Crippen molar-refractivity contribution in [3.8, 4) is 0 Å². The van der Waals surface area contributed by atoms with Gasteiger partial charge in [-0.2, -0.15) is 11.3 Å². The summed E-state index contributed by atoms with van der Waals surface area (Å²) in [6.07, 6.45) is 4.47. The Morgan fingerprint density at radius 2 is 2.33 bits per heavy atom. The van der Waals surface area contributed by atoms with E-state index in [9.17, 15) is 4.79 Å². The summed E-state index contributed by atoms with van der Waals surface area (Å²) < 4.78 is 5.85. The van der Waals surface area contributed by atoms with Crippen molar-refractivity contribution < 1.29 is 9.53 Å². The second-order valence-corrected chi connectivity index (χ2v) is 6.12. The first-order valence-electron chi connectivity index (χ1n) is 6.72.